The number of rotatable bonds is 8. The Morgan fingerprint density at radius 3 is 2.14 bits per heavy atom. The first-order valence-electron chi connectivity index (χ1n) is 7.90. The zero-order chi connectivity index (χ0) is 14.9. The Balaban J connectivity index is 2.16. The molecular formula is C19H26N2. The summed E-state index contributed by atoms with van der Waals surface area (Å²) in [4.78, 5) is 2.47. The van der Waals surface area contributed by atoms with E-state index >= 15 is 0 Å². The van der Waals surface area contributed by atoms with Crippen LogP contribution in [0.1, 0.15) is 25.3 Å². The summed E-state index contributed by atoms with van der Waals surface area (Å²) in [5.41, 5.74) is 8.72. The smallest absolute Gasteiger partial charge is 0.0452 e. The summed E-state index contributed by atoms with van der Waals surface area (Å²) in [5, 5.41) is 0. The van der Waals surface area contributed by atoms with Gasteiger partial charge in [-0.05, 0) is 30.5 Å². The van der Waals surface area contributed by atoms with Gasteiger partial charge >= 0.3 is 0 Å². The number of nitrogens with two attached hydrogens (primary N) is 1. The molecule has 0 amide bonds. The van der Waals surface area contributed by atoms with Gasteiger partial charge in [-0.3, -0.25) is 0 Å². The number of unbranched alkanes of at least 4 members (excludes halogenated alkanes) is 1. The molecule has 0 fully saturated rings. The van der Waals surface area contributed by atoms with E-state index in [0.717, 1.165) is 13.0 Å². The van der Waals surface area contributed by atoms with E-state index in [-0.39, 0.29) is 0 Å². The minimum absolute atomic E-state index is 0.348. The SMILES string of the molecule is CCCCN(c1ccccc1)C(CN)Cc1ccccc1. The molecule has 21 heavy (non-hydrogen) atoms. The largest absolute Gasteiger partial charge is 0.367 e. The molecule has 2 rings (SSSR count). The second-order valence-corrected chi connectivity index (χ2v) is 5.46. The predicted molar refractivity (Wildman–Crippen MR) is 91.7 cm³/mol. The Bertz CT molecular complexity index is 495. The predicted octanol–water partition coefficient (Wildman–Crippen LogP) is 3.86. The molecule has 0 aromatic heterocycles. The van der Waals surface area contributed by atoms with Crippen molar-refractivity contribution in [3.05, 3.63) is 66.2 Å². The minimum Gasteiger partial charge on any atom is -0.367 e. The molecule has 0 radical (unpaired) electrons. The van der Waals surface area contributed by atoms with Crippen molar-refractivity contribution in [2.75, 3.05) is 18.0 Å². The molecule has 0 aliphatic heterocycles. The zero-order valence-corrected chi connectivity index (χ0v) is 12.9. The van der Waals surface area contributed by atoms with Gasteiger partial charge in [0, 0.05) is 24.8 Å². The fourth-order valence-corrected chi connectivity index (χ4v) is 2.68. The minimum atomic E-state index is 0.348. The highest BCUT2D eigenvalue weighted by Gasteiger charge is 2.17. The number of para-hydroxylation sites is 1. The van der Waals surface area contributed by atoms with E-state index < -0.39 is 0 Å². The van der Waals surface area contributed by atoms with Crippen LogP contribution in [0.15, 0.2) is 60.7 Å². The normalized spacial score (nSPS) is 12.1. The van der Waals surface area contributed by atoms with Gasteiger partial charge in [-0.2, -0.15) is 0 Å². The topological polar surface area (TPSA) is 29.3 Å². The van der Waals surface area contributed by atoms with Gasteiger partial charge in [-0.1, -0.05) is 61.9 Å². The van der Waals surface area contributed by atoms with Crippen LogP contribution < -0.4 is 10.6 Å². The third-order valence-electron chi connectivity index (χ3n) is 3.87. The molecule has 2 aromatic carbocycles. The fraction of sp³-hybridized carbons (Fsp3) is 0.368. The highest BCUT2D eigenvalue weighted by Crippen LogP contribution is 2.19. The molecule has 0 saturated carbocycles. The highest BCUT2D eigenvalue weighted by molar-refractivity contribution is 5.47. The van der Waals surface area contributed by atoms with Crippen LogP contribution in [0.4, 0.5) is 5.69 Å². The van der Waals surface area contributed by atoms with Crippen LogP contribution in [0.5, 0.6) is 0 Å². The van der Waals surface area contributed by atoms with Crippen LogP contribution in [0.25, 0.3) is 0 Å². The molecule has 112 valence electrons. The van der Waals surface area contributed by atoms with Crippen LogP contribution in [0, 0.1) is 0 Å². The van der Waals surface area contributed by atoms with Gasteiger partial charge in [0.2, 0.25) is 0 Å². The van der Waals surface area contributed by atoms with Crippen LogP contribution in [-0.4, -0.2) is 19.1 Å². The second-order valence-electron chi connectivity index (χ2n) is 5.46. The van der Waals surface area contributed by atoms with Crippen molar-refractivity contribution < 1.29 is 0 Å². The van der Waals surface area contributed by atoms with Crippen molar-refractivity contribution in [1.82, 2.24) is 0 Å². The van der Waals surface area contributed by atoms with Gasteiger partial charge in [-0.15, -0.1) is 0 Å². The second kappa shape index (κ2) is 8.48. The van der Waals surface area contributed by atoms with E-state index in [1.807, 2.05) is 0 Å². The van der Waals surface area contributed by atoms with Gasteiger partial charge in [0.1, 0.15) is 0 Å². The Morgan fingerprint density at radius 1 is 0.952 bits per heavy atom. The van der Waals surface area contributed by atoms with Crippen molar-refractivity contribution in [3.8, 4) is 0 Å². The molecule has 1 unspecified atom stereocenters. The summed E-state index contributed by atoms with van der Waals surface area (Å²) in [6.07, 6.45) is 3.39. The third-order valence-corrected chi connectivity index (χ3v) is 3.87. The quantitative estimate of drug-likeness (QED) is 0.796. The van der Waals surface area contributed by atoms with Gasteiger partial charge in [0.25, 0.3) is 0 Å². The maximum atomic E-state index is 6.09. The Hall–Kier alpha value is -1.80. The first-order chi connectivity index (χ1) is 10.3. The van der Waals surface area contributed by atoms with Crippen molar-refractivity contribution >= 4 is 5.69 Å². The fourth-order valence-electron chi connectivity index (χ4n) is 2.68. The lowest BCUT2D eigenvalue weighted by atomic mass is 10.0. The van der Waals surface area contributed by atoms with E-state index in [0.29, 0.717) is 12.6 Å². The molecule has 0 heterocycles. The van der Waals surface area contributed by atoms with E-state index in [4.69, 9.17) is 5.73 Å². The lowest BCUT2D eigenvalue weighted by molar-refractivity contribution is 0.576. The summed E-state index contributed by atoms with van der Waals surface area (Å²) in [6.45, 7) is 3.97. The van der Waals surface area contributed by atoms with Crippen molar-refractivity contribution in [1.29, 1.82) is 0 Å². The number of benzene rings is 2. The molecular weight excluding hydrogens is 256 g/mol. The molecule has 0 aliphatic carbocycles. The van der Waals surface area contributed by atoms with Crippen molar-refractivity contribution in [3.63, 3.8) is 0 Å². The van der Waals surface area contributed by atoms with E-state index in [2.05, 4.69) is 72.5 Å². The number of hydrogen-bond donors (Lipinski definition) is 1. The summed E-state index contributed by atoms with van der Waals surface area (Å²) in [6, 6.07) is 21.6. The molecule has 0 spiro atoms. The van der Waals surface area contributed by atoms with Crippen LogP contribution in [-0.2, 0) is 6.42 Å². The Kier molecular flexibility index (Phi) is 6.29. The van der Waals surface area contributed by atoms with E-state index in [9.17, 15) is 0 Å². The summed E-state index contributed by atoms with van der Waals surface area (Å²) in [5.74, 6) is 0. The highest BCUT2D eigenvalue weighted by atomic mass is 15.2. The van der Waals surface area contributed by atoms with Gasteiger partial charge in [-0.25, -0.2) is 0 Å². The number of nitrogens with zero attached hydrogens (tertiary/aromatic N) is 1. The molecule has 2 aromatic rings. The Labute approximate surface area is 128 Å². The number of hydrogen-bond acceptors (Lipinski definition) is 2. The first-order valence-corrected chi connectivity index (χ1v) is 7.90. The monoisotopic (exact) mass is 282 g/mol. The lowest BCUT2D eigenvalue weighted by Crippen LogP contribution is -2.43. The standard InChI is InChI=1S/C19H26N2/c1-2-3-14-21(18-12-8-5-9-13-18)19(16-20)15-17-10-6-4-7-11-17/h4-13,19H,2-3,14-16,20H2,1H3. The van der Waals surface area contributed by atoms with Crippen LogP contribution in [0.3, 0.4) is 0 Å². The first kappa shape index (κ1) is 15.6. The zero-order valence-electron chi connectivity index (χ0n) is 12.9. The molecule has 1 atom stereocenters. The number of anilines is 1. The van der Waals surface area contributed by atoms with E-state index in [1.54, 1.807) is 0 Å². The molecule has 2 N–H and O–H groups in total. The van der Waals surface area contributed by atoms with Crippen molar-refractivity contribution in [2.24, 2.45) is 5.73 Å². The van der Waals surface area contributed by atoms with Gasteiger partial charge in [0.05, 0.1) is 0 Å². The average Bonchev–Trinajstić information content (AvgIpc) is 2.56. The molecule has 0 saturated heterocycles. The Morgan fingerprint density at radius 2 is 1.57 bits per heavy atom. The third kappa shape index (κ3) is 4.61. The molecule has 2 nitrogen and oxygen atoms in total. The molecule has 2 heteroatoms. The lowest BCUT2D eigenvalue weighted by Gasteiger charge is -2.33. The van der Waals surface area contributed by atoms with Crippen molar-refractivity contribution in [2.45, 2.75) is 32.2 Å². The van der Waals surface area contributed by atoms with Crippen LogP contribution >= 0.6 is 0 Å². The maximum Gasteiger partial charge on any atom is 0.0452 e. The van der Waals surface area contributed by atoms with E-state index in [1.165, 1.54) is 24.1 Å². The summed E-state index contributed by atoms with van der Waals surface area (Å²) in [7, 11) is 0. The van der Waals surface area contributed by atoms with Crippen LogP contribution in [0.2, 0.25) is 0 Å². The average molecular weight is 282 g/mol. The maximum absolute atomic E-state index is 6.09. The summed E-state index contributed by atoms with van der Waals surface area (Å²) < 4.78 is 0. The molecule has 0 bridgehead atoms. The molecule has 0 aliphatic rings. The van der Waals surface area contributed by atoms with Gasteiger partial charge in [0.15, 0.2) is 0 Å². The summed E-state index contributed by atoms with van der Waals surface area (Å²) >= 11 is 0. The van der Waals surface area contributed by atoms with Gasteiger partial charge < -0.3 is 10.6 Å².